The van der Waals surface area contributed by atoms with Crippen LogP contribution in [-0.4, -0.2) is 17.5 Å². The van der Waals surface area contributed by atoms with Crippen molar-refractivity contribution >= 4 is 27.8 Å². The molecule has 0 spiro atoms. The number of Topliss-reactive ketones (excluding diaryl/α,β-unsaturated/α-hetero) is 1. The Hall–Kier alpha value is -2.07. The van der Waals surface area contributed by atoms with E-state index in [9.17, 15) is 9.90 Å². The summed E-state index contributed by atoms with van der Waals surface area (Å²) in [6, 6.07) is 12.1. The quantitative estimate of drug-likeness (QED) is 0.808. The number of ether oxygens (including phenoxy) is 1. The van der Waals surface area contributed by atoms with Gasteiger partial charge in [-0.05, 0) is 42.0 Å². The first-order valence-electron chi connectivity index (χ1n) is 6.10. The number of fused-ring (bicyclic) bond motifs is 1. The minimum Gasteiger partial charge on any atom is -0.508 e. The van der Waals surface area contributed by atoms with Gasteiger partial charge in [-0.3, -0.25) is 4.79 Å². The molecule has 1 aliphatic heterocycles. The highest BCUT2D eigenvalue weighted by Gasteiger charge is 2.23. The summed E-state index contributed by atoms with van der Waals surface area (Å²) in [5, 5.41) is 9.26. The van der Waals surface area contributed by atoms with E-state index in [0.29, 0.717) is 16.9 Å². The molecule has 1 heterocycles. The standard InChI is InChI=1S/C16H11BrO3/c17-12-3-6-15-14(8-12)16(19)11(9-20-15)7-10-1-4-13(18)5-2-10/h1-8,18H,9H2. The smallest absolute Gasteiger partial charge is 0.196 e. The maximum absolute atomic E-state index is 12.4. The summed E-state index contributed by atoms with van der Waals surface area (Å²) in [6.07, 6.45) is 1.78. The van der Waals surface area contributed by atoms with E-state index < -0.39 is 0 Å². The molecule has 3 rings (SSSR count). The molecule has 1 aliphatic rings. The molecule has 0 unspecified atom stereocenters. The third-order valence-corrected chi connectivity index (χ3v) is 3.59. The number of phenolic OH excluding ortho intramolecular Hbond substituents is 1. The Morgan fingerprint density at radius 1 is 1.15 bits per heavy atom. The van der Waals surface area contributed by atoms with Crippen LogP contribution in [-0.2, 0) is 0 Å². The van der Waals surface area contributed by atoms with Gasteiger partial charge in [-0.15, -0.1) is 0 Å². The van der Waals surface area contributed by atoms with E-state index >= 15 is 0 Å². The number of hydrogen-bond donors (Lipinski definition) is 1. The Balaban J connectivity index is 1.97. The number of carbonyl (C=O) groups excluding carboxylic acids is 1. The Morgan fingerprint density at radius 2 is 1.90 bits per heavy atom. The van der Waals surface area contributed by atoms with Crippen molar-refractivity contribution < 1.29 is 14.6 Å². The van der Waals surface area contributed by atoms with E-state index in [1.165, 1.54) is 0 Å². The van der Waals surface area contributed by atoms with E-state index in [4.69, 9.17) is 4.74 Å². The van der Waals surface area contributed by atoms with Gasteiger partial charge in [-0.2, -0.15) is 0 Å². The molecule has 0 fully saturated rings. The number of hydrogen-bond acceptors (Lipinski definition) is 3. The number of ketones is 1. The molecule has 4 heteroatoms. The summed E-state index contributed by atoms with van der Waals surface area (Å²) in [6.45, 7) is 0.258. The molecule has 1 N–H and O–H groups in total. The van der Waals surface area contributed by atoms with Gasteiger partial charge in [0.05, 0.1) is 5.56 Å². The molecular formula is C16H11BrO3. The fraction of sp³-hybridized carbons (Fsp3) is 0.0625. The van der Waals surface area contributed by atoms with Crippen LogP contribution in [0.1, 0.15) is 15.9 Å². The second-order valence-corrected chi connectivity index (χ2v) is 5.44. The van der Waals surface area contributed by atoms with Gasteiger partial charge in [-0.1, -0.05) is 28.1 Å². The summed E-state index contributed by atoms with van der Waals surface area (Å²) in [5.41, 5.74) is 2.02. The Bertz CT molecular complexity index is 702. The first kappa shape index (κ1) is 12.9. The number of benzene rings is 2. The van der Waals surface area contributed by atoms with Gasteiger partial charge >= 0.3 is 0 Å². The van der Waals surface area contributed by atoms with E-state index in [2.05, 4.69) is 15.9 Å². The van der Waals surface area contributed by atoms with Crippen molar-refractivity contribution in [3.8, 4) is 11.5 Å². The van der Waals surface area contributed by atoms with Crippen LogP contribution in [0.3, 0.4) is 0 Å². The molecule has 2 aromatic rings. The molecule has 0 saturated carbocycles. The molecule has 0 atom stereocenters. The molecule has 100 valence electrons. The van der Waals surface area contributed by atoms with Crippen molar-refractivity contribution in [1.29, 1.82) is 0 Å². The van der Waals surface area contributed by atoms with Crippen LogP contribution in [0.15, 0.2) is 52.5 Å². The van der Waals surface area contributed by atoms with E-state index in [1.54, 1.807) is 42.5 Å². The number of rotatable bonds is 1. The summed E-state index contributed by atoms with van der Waals surface area (Å²) in [7, 11) is 0. The molecule has 3 nitrogen and oxygen atoms in total. The zero-order chi connectivity index (χ0) is 14.1. The summed E-state index contributed by atoms with van der Waals surface area (Å²) in [4.78, 5) is 12.4. The minimum atomic E-state index is -0.0272. The van der Waals surface area contributed by atoms with Gasteiger partial charge in [0.25, 0.3) is 0 Å². The predicted octanol–water partition coefficient (Wildman–Crippen LogP) is 3.81. The second kappa shape index (κ2) is 5.13. The third-order valence-electron chi connectivity index (χ3n) is 3.10. The fourth-order valence-electron chi connectivity index (χ4n) is 2.08. The van der Waals surface area contributed by atoms with Crippen molar-refractivity contribution in [2.24, 2.45) is 0 Å². The van der Waals surface area contributed by atoms with Crippen molar-refractivity contribution in [3.63, 3.8) is 0 Å². The molecule has 20 heavy (non-hydrogen) atoms. The van der Waals surface area contributed by atoms with Gasteiger partial charge in [0.2, 0.25) is 0 Å². The van der Waals surface area contributed by atoms with Crippen LogP contribution >= 0.6 is 15.9 Å². The molecule has 0 radical (unpaired) electrons. The fourth-order valence-corrected chi connectivity index (χ4v) is 2.44. The van der Waals surface area contributed by atoms with Crippen LogP contribution < -0.4 is 4.74 Å². The monoisotopic (exact) mass is 330 g/mol. The summed E-state index contributed by atoms with van der Waals surface area (Å²) >= 11 is 3.36. The van der Waals surface area contributed by atoms with Crippen molar-refractivity contribution in [2.75, 3.05) is 6.61 Å². The van der Waals surface area contributed by atoms with Crippen LogP contribution in [0.4, 0.5) is 0 Å². The second-order valence-electron chi connectivity index (χ2n) is 4.52. The lowest BCUT2D eigenvalue weighted by Gasteiger charge is -2.19. The van der Waals surface area contributed by atoms with Crippen molar-refractivity contribution in [3.05, 3.63) is 63.6 Å². The normalized spacial score (nSPS) is 15.8. The first-order chi connectivity index (χ1) is 9.63. The molecule has 2 aromatic carbocycles. The Kier molecular flexibility index (Phi) is 3.32. The molecule has 0 amide bonds. The lowest BCUT2D eigenvalue weighted by molar-refractivity contribution is 0.100. The van der Waals surface area contributed by atoms with Crippen LogP contribution in [0.5, 0.6) is 11.5 Å². The van der Waals surface area contributed by atoms with Gasteiger partial charge in [0.15, 0.2) is 5.78 Å². The SMILES string of the molecule is O=C1C(=Cc2ccc(O)cc2)COc2ccc(Br)cc21. The average molecular weight is 331 g/mol. The molecule has 0 aromatic heterocycles. The van der Waals surface area contributed by atoms with Gasteiger partial charge < -0.3 is 9.84 Å². The van der Waals surface area contributed by atoms with Crippen LogP contribution in [0, 0.1) is 0 Å². The molecular weight excluding hydrogens is 320 g/mol. The molecule has 0 aliphatic carbocycles. The molecule has 0 bridgehead atoms. The highest BCUT2D eigenvalue weighted by molar-refractivity contribution is 9.10. The van der Waals surface area contributed by atoms with Gasteiger partial charge in [-0.25, -0.2) is 0 Å². The highest BCUT2D eigenvalue weighted by atomic mass is 79.9. The van der Waals surface area contributed by atoms with E-state index in [0.717, 1.165) is 10.0 Å². The van der Waals surface area contributed by atoms with Crippen LogP contribution in [0.2, 0.25) is 0 Å². The van der Waals surface area contributed by atoms with E-state index in [-0.39, 0.29) is 18.1 Å². The van der Waals surface area contributed by atoms with Gasteiger partial charge in [0, 0.05) is 10.0 Å². The number of carbonyl (C=O) groups is 1. The van der Waals surface area contributed by atoms with E-state index in [1.807, 2.05) is 6.07 Å². The zero-order valence-electron chi connectivity index (χ0n) is 10.5. The summed E-state index contributed by atoms with van der Waals surface area (Å²) < 4.78 is 6.44. The topological polar surface area (TPSA) is 46.5 Å². The number of halogens is 1. The Morgan fingerprint density at radius 3 is 2.65 bits per heavy atom. The summed E-state index contributed by atoms with van der Waals surface area (Å²) in [5.74, 6) is 0.786. The predicted molar refractivity (Wildman–Crippen MR) is 80.1 cm³/mol. The Labute approximate surface area is 124 Å². The van der Waals surface area contributed by atoms with Gasteiger partial charge in [0.1, 0.15) is 18.1 Å². The lowest BCUT2D eigenvalue weighted by atomic mass is 9.98. The number of phenols is 1. The zero-order valence-corrected chi connectivity index (χ0v) is 12.1. The molecule has 0 saturated heterocycles. The minimum absolute atomic E-state index is 0.0272. The lowest BCUT2D eigenvalue weighted by Crippen LogP contribution is -2.18. The third kappa shape index (κ3) is 2.47. The maximum atomic E-state index is 12.4. The maximum Gasteiger partial charge on any atom is 0.196 e. The van der Waals surface area contributed by atoms with Crippen LogP contribution in [0.25, 0.3) is 6.08 Å². The van der Waals surface area contributed by atoms with Crippen molar-refractivity contribution in [2.45, 2.75) is 0 Å². The number of aromatic hydroxyl groups is 1. The highest BCUT2D eigenvalue weighted by Crippen LogP contribution is 2.30. The average Bonchev–Trinajstić information content (AvgIpc) is 2.45. The van der Waals surface area contributed by atoms with Crippen molar-refractivity contribution in [1.82, 2.24) is 0 Å². The first-order valence-corrected chi connectivity index (χ1v) is 6.89. The largest absolute Gasteiger partial charge is 0.508 e.